The van der Waals surface area contributed by atoms with Crippen LogP contribution in [0.1, 0.15) is 15.9 Å². The summed E-state index contributed by atoms with van der Waals surface area (Å²) in [5.41, 5.74) is 4.85. The molecule has 0 aliphatic heterocycles. The molecule has 22 heavy (non-hydrogen) atoms. The summed E-state index contributed by atoms with van der Waals surface area (Å²) in [5.74, 6) is -0.0890. The van der Waals surface area contributed by atoms with E-state index in [0.717, 1.165) is 22.4 Å². The lowest BCUT2D eigenvalue weighted by Crippen LogP contribution is -2.12. The van der Waals surface area contributed by atoms with Crippen LogP contribution in [-0.2, 0) is 0 Å². The van der Waals surface area contributed by atoms with Crippen LogP contribution in [-0.4, -0.2) is 5.91 Å². The van der Waals surface area contributed by atoms with Gasteiger partial charge in [0.15, 0.2) is 0 Å². The van der Waals surface area contributed by atoms with Crippen LogP contribution in [0, 0.1) is 6.92 Å². The molecule has 0 spiro atoms. The highest BCUT2D eigenvalue weighted by Gasteiger charge is 2.10. The highest BCUT2D eigenvalue weighted by atomic mass is 16.1. The minimum atomic E-state index is -0.0890. The molecule has 0 heterocycles. The van der Waals surface area contributed by atoms with Gasteiger partial charge in [0.05, 0.1) is 0 Å². The van der Waals surface area contributed by atoms with Crippen molar-refractivity contribution in [3.8, 4) is 11.1 Å². The summed E-state index contributed by atoms with van der Waals surface area (Å²) in [6.45, 7) is 2.03. The SMILES string of the molecule is Cc1c(NC(=O)c2ccccc2)cccc1-c1ccccc1. The van der Waals surface area contributed by atoms with Crippen molar-refractivity contribution < 1.29 is 4.79 Å². The van der Waals surface area contributed by atoms with E-state index in [-0.39, 0.29) is 5.91 Å². The van der Waals surface area contributed by atoms with Crippen LogP contribution in [0.4, 0.5) is 5.69 Å². The number of anilines is 1. The highest BCUT2D eigenvalue weighted by Crippen LogP contribution is 2.28. The van der Waals surface area contributed by atoms with E-state index in [1.54, 1.807) is 0 Å². The summed E-state index contributed by atoms with van der Waals surface area (Å²) in [6, 6.07) is 25.4. The number of carbonyl (C=O) groups excluding carboxylic acids is 1. The lowest BCUT2D eigenvalue weighted by molar-refractivity contribution is 0.102. The van der Waals surface area contributed by atoms with Crippen molar-refractivity contribution in [1.29, 1.82) is 0 Å². The zero-order valence-electron chi connectivity index (χ0n) is 12.4. The number of rotatable bonds is 3. The third-order valence-electron chi connectivity index (χ3n) is 3.70. The molecular formula is C20H17NO. The molecule has 1 amide bonds. The van der Waals surface area contributed by atoms with Crippen molar-refractivity contribution in [3.63, 3.8) is 0 Å². The van der Waals surface area contributed by atoms with Crippen LogP contribution in [0.5, 0.6) is 0 Å². The Kier molecular flexibility index (Phi) is 4.01. The van der Waals surface area contributed by atoms with Crippen LogP contribution in [0.2, 0.25) is 0 Å². The van der Waals surface area contributed by atoms with Gasteiger partial charge in [-0.1, -0.05) is 60.7 Å². The predicted molar refractivity (Wildman–Crippen MR) is 91.0 cm³/mol. The van der Waals surface area contributed by atoms with Gasteiger partial charge in [-0.15, -0.1) is 0 Å². The Labute approximate surface area is 130 Å². The third kappa shape index (κ3) is 2.91. The van der Waals surface area contributed by atoms with E-state index in [9.17, 15) is 4.79 Å². The summed E-state index contributed by atoms with van der Waals surface area (Å²) in [5, 5.41) is 3.00. The maximum Gasteiger partial charge on any atom is 0.255 e. The van der Waals surface area contributed by atoms with Crippen molar-refractivity contribution in [2.45, 2.75) is 6.92 Å². The van der Waals surface area contributed by atoms with E-state index in [4.69, 9.17) is 0 Å². The largest absolute Gasteiger partial charge is 0.322 e. The first-order valence-electron chi connectivity index (χ1n) is 7.27. The van der Waals surface area contributed by atoms with Gasteiger partial charge in [-0.05, 0) is 41.8 Å². The van der Waals surface area contributed by atoms with Crippen molar-refractivity contribution in [3.05, 3.63) is 90.0 Å². The van der Waals surface area contributed by atoms with Gasteiger partial charge in [0.25, 0.3) is 5.91 Å². The maximum absolute atomic E-state index is 12.3. The first-order chi connectivity index (χ1) is 10.8. The Balaban J connectivity index is 1.91. The fraction of sp³-hybridized carbons (Fsp3) is 0.0500. The Morgan fingerprint density at radius 2 is 1.41 bits per heavy atom. The second kappa shape index (κ2) is 6.27. The zero-order chi connectivity index (χ0) is 15.4. The predicted octanol–water partition coefficient (Wildman–Crippen LogP) is 4.91. The molecule has 0 saturated heterocycles. The highest BCUT2D eigenvalue weighted by molar-refractivity contribution is 6.05. The van der Waals surface area contributed by atoms with Gasteiger partial charge in [-0.2, -0.15) is 0 Å². The van der Waals surface area contributed by atoms with Gasteiger partial charge >= 0.3 is 0 Å². The standard InChI is InChI=1S/C20H17NO/c1-15-18(16-9-4-2-5-10-16)13-8-14-19(15)21-20(22)17-11-6-3-7-12-17/h2-14H,1H3,(H,21,22). The number of amides is 1. The van der Waals surface area contributed by atoms with Crippen LogP contribution in [0.3, 0.4) is 0 Å². The molecule has 0 aromatic heterocycles. The molecule has 0 fully saturated rings. The molecule has 3 aromatic carbocycles. The first-order valence-corrected chi connectivity index (χ1v) is 7.27. The van der Waals surface area contributed by atoms with E-state index in [1.165, 1.54) is 0 Å². The van der Waals surface area contributed by atoms with Crippen molar-refractivity contribution in [2.24, 2.45) is 0 Å². The topological polar surface area (TPSA) is 29.1 Å². The molecule has 1 N–H and O–H groups in total. The van der Waals surface area contributed by atoms with Gasteiger partial charge in [0.1, 0.15) is 0 Å². The Hall–Kier alpha value is -2.87. The normalized spacial score (nSPS) is 10.2. The smallest absolute Gasteiger partial charge is 0.255 e. The fourth-order valence-corrected chi connectivity index (χ4v) is 2.49. The fourth-order valence-electron chi connectivity index (χ4n) is 2.49. The number of nitrogens with one attached hydrogen (secondary N) is 1. The number of benzene rings is 3. The molecule has 0 atom stereocenters. The molecule has 0 bridgehead atoms. The average Bonchev–Trinajstić information content (AvgIpc) is 2.58. The molecular weight excluding hydrogens is 270 g/mol. The van der Waals surface area contributed by atoms with Gasteiger partial charge in [0, 0.05) is 11.3 Å². The monoisotopic (exact) mass is 287 g/mol. The molecule has 108 valence electrons. The molecule has 3 aromatic rings. The summed E-state index contributed by atoms with van der Waals surface area (Å²) in [6.07, 6.45) is 0. The van der Waals surface area contributed by atoms with Gasteiger partial charge < -0.3 is 5.32 Å². The van der Waals surface area contributed by atoms with Crippen molar-refractivity contribution >= 4 is 11.6 Å². The van der Waals surface area contributed by atoms with Gasteiger partial charge in [-0.3, -0.25) is 4.79 Å². The van der Waals surface area contributed by atoms with Crippen molar-refractivity contribution in [2.75, 3.05) is 5.32 Å². The molecule has 0 saturated carbocycles. The molecule has 3 rings (SSSR count). The zero-order valence-corrected chi connectivity index (χ0v) is 12.4. The minimum absolute atomic E-state index is 0.0890. The lowest BCUT2D eigenvalue weighted by atomic mass is 9.99. The Bertz CT molecular complexity index is 779. The Morgan fingerprint density at radius 3 is 2.09 bits per heavy atom. The molecule has 2 nitrogen and oxygen atoms in total. The molecule has 0 radical (unpaired) electrons. The second-order valence-corrected chi connectivity index (χ2v) is 5.16. The number of hydrogen-bond donors (Lipinski definition) is 1. The average molecular weight is 287 g/mol. The van der Waals surface area contributed by atoms with E-state index >= 15 is 0 Å². The summed E-state index contributed by atoms with van der Waals surface area (Å²) in [4.78, 5) is 12.3. The van der Waals surface area contributed by atoms with E-state index in [2.05, 4.69) is 23.5 Å². The van der Waals surface area contributed by atoms with Crippen LogP contribution >= 0.6 is 0 Å². The third-order valence-corrected chi connectivity index (χ3v) is 3.70. The van der Waals surface area contributed by atoms with Crippen LogP contribution in [0.25, 0.3) is 11.1 Å². The summed E-state index contributed by atoms with van der Waals surface area (Å²) >= 11 is 0. The summed E-state index contributed by atoms with van der Waals surface area (Å²) in [7, 11) is 0. The molecule has 2 heteroatoms. The van der Waals surface area contributed by atoms with Crippen molar-refractivity contribution in [1.82, 2.24) is 0 Å². The number of carbonyl (C=O) groups is 1. The van der Waals surface area contributed by atoms with E-state index in [0.29, 0.717) is 5.56 Å². The van der Waals surface area contributed by atoms with Gasteiger partial charge in [-0.25, -0.2) is 0 Å². The van der Waals surface area contributed by atoms with Crippen LogP contribution < -0.4 is 5.32 Å². The quantitative estimate of drug-likeness (QED) is 0.728. The summed E-state index contributed by atoms with van der Waals surface area (Å²) < 4.78 is 0. The lowest BCUT2D eigenvalue weighted by Gasteiger charge is -2.13. The maximum atomic E-state index is 12.3. The molecule has 0 aliphatic rings. The molecule has 0 unspecified atom stereocenters. The second-order valence-electron chi connectivity index (χ2n) is 5.16. The van der Waals surface area contributed by atoms with Gasteiger partial charge in [0.2, 0.25) is 0 Å². The molecule has 0 aliphatic carbocycles. The van der Waals surface area contributed by atoms with Crippen LogP contribution in [0.15, 0.2) is 78.9 Å². The minimum Gasteiger partial charge on any atom is -0.322 e. The van der Waals surface area contributed by atoms with E-state index in [1.807, 2.05) is 67.6 Å². The number of hydrogen-bond acceptors (Lipinski definition) is 1. The van der Waals surface area contributed by atoms with E-state index < -0.39 is 0 Å². The first kappa shape index (κ1) is 14.1. The Morgan fingerprint density at radius 1 is 0.773 bits per heavy atom.